The smallest absolute Gasteiger partial charge is 0.119 e. The van der Waals surface area contributed by atoms with Crippen LogP contribution >= 0.6 is 0 Å². The molecular weight excluding hydrogens is 248 g/mol. The van der Waals surface area contributed by atoms with Gasteiger partial charge in [0.2, 0.25) is 0 Å². The number of nitrogens with two attached hydrogens (primary N) is 1. The van der Waals surface area contributed by atoms with E-state index in [2.05, 4.69) is 30.0 Å². The molecule has 0 amide bonds. The van der Waals surface area contributed by atoms with Crippen molar-refractivity contribution in [2.75, 3.05) is 26.7 Å². The summed E-state index contributed by atoms with van der Waals surface area (Å²) in [6.45, 7) is 5.37. The van der Waals surface area contributed by atoms with Crippen LogP contribution in [0.1, 0.15) is 44.1 Å². The van der Waals surface area contributed by atoms with Gasteiger partial charge in [0, 0.05) is 18.5 Å². The molecule has 3 nitrogen and oxygen atoms in total. The molecule has 0 spiro atoms. The van der Waals surface area contributed by atoms with E-state index < -0.39 is 0 Å². The number of nitrogens with zero attached hydrogens (tertiary/aromatic N) is 1. The van der Waals surface area contributed by atoms with Crippen LogP contribution < -0.4 is 10.5 Å². The van der Waals surface area contributed by atoms with Crippen LogP contribution in [0.25, 0.3) is 0 Å². The van der Waals surface area contributed by atoms with E-state index >= 15 is 0 Å². The van der Waals surface area contributed by atoms with E-state index in [0.29, 0.717) is 18.5 Å². The number of ether oxygens (including phenoxy) is 1. The predicted octanol–water partition coefficient (Wildman–Crippen LogP) is 3.00. The van der Waals surface area contributed by atoms with E-state index in [9.17, 15) is 0 Å². The van der Waals surface area contributed by atoms with Crippen molar-refractivity contribution < 1.29 is 4.74 Å². The van der Waals surface area contributed by atoms with Gasteiger partial charge in [-0.15, -0.1) is 0 Å². The molecule has 0 saturated carbocycles. The van der Waals surface area contributed by atoms with Gasteiger partial charge in [-0.1, -0.05) is 25.5 Å². The number of hydrogen-bond acceptors (Lipinski definition) is 3. The highest BCUT2D eigenvalue weighted by atomic mass is 16.5. The van der Waals surface area contributed by atoms with Gasteiger partial charge in [0.25, 0.3) is 0 Å². The van der Waals surface area contributed by atoms with Gasteiger partial charge in [0.15, 0.2) is 0 Å². The zero-order chi connectivity index (χ0) is 14.4. The first-order valence-corrected chi connectivity index (χ1v) is 7.88. The van der Waals surface area contributed by atoms with Crippen LogP contribution in [-0.4, -0.2) is 37.7 Å². The lowest BCUT2D eigenvalue weighted by Gasteiger charge is -2.40. The largest absolute Gasteiger partial charge is 0.497 e. The van der Waals surface area contributed by atoms with Crippen molar-refractivity contribution in [3.8, 4) is 5.75 Å². The summed E-state index contributed by atoms with van der Waals surface area (Å²) in [6, 6.07) is 9.00. The molecule has 1 aliphatic heterocycles. The third-order valence-electron chi connectivity index (χ3n) is 4.42. The molecule has 2 atom stereocenters. The molecule has 1 aromatic carbocycles. The molecule has 0 bridgehead atoms. The number of methoxy groups -OCH3 is 1. The topological polar surface area (TPSA) is 38.5 Å². The lowest BCUT2D eigenvalue weighted by Crippen LogP contribution is -2.45. The lowest BCUT2D eigenvalue weighted by molar-refractivity contribution is 0.127. The zero-order valence-electron chi connectivity index (χ0n) is 12.8. The third-order valence-corrected chi connectivity index (χ3v) is 4.42. The summed E-state index contributed by atoms with van der Waals surface area (Å²) in [4.78, 5) is 2.64. The SMILES string of the molecule is CCCN1CCCCC1C(CN)c1cccc(OC)c1. The molecule has 1 aromatic rings. The van der Waals surface area contributed by atoms with Crippen LogP contribution in [0.5, 0.6) is 5.75 Å². The van der Waals surface area contributed by atoms with Crippen LogP contribution in [0.15, 0.2) is 24.3 Å². The minimum Gasteiger partial charge on any atom is -0.497 e. The highest BCUT2D eigenvalue weighted by Gasteiger charge is 2.29. The van der Waals surface area contributed by atoms with Gasteiger partial charge in [-0.05, 0) is 50.0 Å². The van der Waals surface area contributed by atoms with Gasteiger partial charge in [0.05, 0.1) is 7.11 Å². The van der Waals surface area contributed by atoms with E-state index in [4.69, 9.17) is 10.5 Å². The van der Waals surface area contributed by atoms with Gasteiger partial charge < -0.3 is 10.5 Å². The molecule has 2 rings (SSSR count). The first-order valence-electron chi connectivity index (χ1n) is 7.88. The Morgan fingerprint density at radius 1 is 1.40 bits per heavy atom. The number of benzene rings is 1. The molecule has 112 valence electrons. The van der Waals surface area contributed by atoms with Crippen LogP contribution in [-0.2, 0) is 0 Å². The number of rotatable bonds is 6. The zero-order valence-corrected chi connectivity index (χ0v) is 12.8. The van der Waals surface area contributed by atoms with Crippen LogP contribution in [0.3, 0.4) is 0 Å². The summed E-state index contributed by atoms with van der Waals surface area (Å²) in [5.74, 6) is 1.34. The summed E-state index contributed by atoms with van der Waals surface area (Å²) >= 11 is 0. The van der Waals surface area contributed by atoms with Gasteiger partial charge in [-0.3, -0.25) is 4.90 Å². The summed E-state index contributed by atoms with van der Waals surface area (Å²) in [7, 11) is 1.72. The van der Waals surface area contributed by atoms with Crippen molar-refractivity contribution in [1.29, 1.82) is 0 Å². The van der Waals surface area contributed by atoms with Crippen LogP contribution in [0.2, 0.25) is 0 Å². The van der Waals surface area contributed by atoms with E-state index in [1.165, 1.54) is 44.3 Å². The number of likely N-dealkylation sites (tertiary alicyclic amines) is 1. The molecule has 1 fully saturated rings. The van der Waals surface area contributed by atoms with Gasteiger partial charge in [-0.2, -0.15) is 0 Å². The number of hydrogen-bond donors (Lipinski definition) is 1. The second-order valence-electron chi connectivity index (χ2n) is 5.72. The van der Waals surface area contributed by atoms with Crippen molar-refractivity contribution in [3.05, 3.63) is 29.8 Å². The molecule has 2 N–H and O–H groups in total. The Morgan fingerprint density at radius 3 is 2.95 bits per heavy atom. The molecule has 0 aliphatic carbocycles. The van der Waals surface area contributed by atoms with E-state index in [1.807, 2.05) is 6.07 Å². The summed E-state index contributed by atoms with van der Waals surface area (Å²) in [5.41, 5.74) is 7.44. The quantitative estimate of drug-likeness (QED) is 0.868. The molecular formula is C17H28N2O. The van der Waals surface area contributed by atoms with Crippen LogP contribution in [0.4, 0.5) is 0 Å². The molecule has 1 heterocycles. The van der Waals surface area contributed by atoms with Crippen LogP contribution in [0, 0.1) is 0 Å². The Balaban J connectivity index is 2.20. The van der Waals surface area contributed by atoms with E-state index in [0.717, 1.165) is 5.75 Å². The average Bonchev–Trinajstić information content (AvgIpc) is 2.50. The standard InChI is InChI=1S/C17H28N2O/c1-3-10-19-11-5-4-9-17(19)16(13-18)14-7-6-8-15(12-14)20-2/h6-8,12,16-17H,3-5,9-11,13,18H2,1-2H3. The molecule has 20 heavy (non-hydrogen) atoms. The van der Waals surface area contributed by atoms with Crippen molar-refractivity contribution in [2.45, 2.75) is 44.6 Å². The minimum atomic E-state index is 0.414. The maximum absolute atomic E-state index is 6.12. The first-order chi connectivity index (χ1) is 9.80. The fraction of sp³-hybridized carbons (Fsp3) is 0.647. The fourth-order valence-corrected chi connectivity index (χ4v) is 3.42. The predicted molar refractivity (Wildman–Crippen MR) is 84.3 cm³/mol. The molecule has 0 radical (unpaired) electrons. The van der Waals surface area contributed by atoms with Crippen molar-refractivity contribution in [3.63, 3.8) is 0 Å². The maximum atomic E-state index is 6.12. The highest BCUT2D eigenvalue weighted by molar-refractivity contribution is 5.32. The monoisotopic (exact) mass is 276 g/mol. The van der Waals surface area contributed by atoms with Gasteiger partial charge in [0.1, 0.15) is 5.75 Å². The second kappa shape index (κ2) is 7.65. The average molecular weight is 276 g/mol. The maximum Gasteiger partial charge on any atom is 0.119 e. The summed E-state index contributed by atoms with van der Waals surface area (Å²) < 4.78 is 5.36. The van der Waals surface area contributed by atoms with Crippen molar-refractivity contribution in [2.24, 2.45) is 5.73 Å². The summed E-state index contributed by atoms with van der Waals surface area (Å²) in [5, 5.41) is 0. The van der Waals surface area contributed by atoms with Crippen molar-refractivity contribution >= 4 is 0 Å². The Labute approximate surface area is 123 Å². The normalized spacial score (nSPS) is 21.6. The fourth-order valence-electron chi connectivity index (χ4n) is 3.42. The lowest BCUT2D eigenvalue weighted by atomic mass is 9.85. The van der Waals surface area contributed by atoms with E-state index in [1.54, 1.807) is 7.11 Å². The second-order valence-corrected chi connectivity index (χ2v) is 5.72. The Hall–Kier alpha value is -1.06. The van der Waals surface area contributed by atoms with Crippen molar-refractivity contribution in [1.82, 2.24) is 4.90 Å². The minimum absolute atomic E-state index is 0.414. The first kappa shape index (κ1) is 15.3. The molecule has 1 saturated heterocycles. The molecule has 3 heteroatoms. The summed E-state index contributed by atoms with van der Waals surface area (Å²) in [6.07, 6.45) is 5.13. The molecule has 0 aromatic heterocycles. The van der Waals surface area contributed by atoms with Gasteiger partial charge in [-0.25, -0.2) is 0 Å². The number of piperidine rings is 1. The molecule has 2 unspecified atom stereocenters. The van der Waals surface area contributed by atoms with E-state index in [-0.39, 0.29) is 0 Å². The molecule has 1 aliphatic rings. The van der Waals surface area contributed by atoms with Gasteiger partial charge >= 0.3 is 0 Å². The highest BCUT2D eigenvalue weighted by Crippen LogP contribution is 2.31. The Morgan fingerprint density at radius 2 is 2.25 bits per heavy atom. The third kappa shape index (κ3) is 3.53. The Bertz CT molecular complexity index is 406. The Kier molecular flexibility index (Phi) is 5.86.